The first-order valence-electron chi connectivity index (χ1n) is 8.43. The van der Waals surface area contributed by atoms with E-state index >= 15 is 0 Å². The van der Waals surface area contributed by atoms with Crippen LogP contribution >= 0.6 is 0 Å². The van der Waals surface area contributed by atoms with Crippen LogP contribution in [0.2, 0.25) is 0 Å². The van der Waals surface area contributed by atoms with Crippen LogP contribution in [0, 0.1) is 0 Å². The minimum absolute atomic E-state index is 0.0507. The Morgan fingerprint density at radius 2 is 1.93 bits per heavy atom. The molecule has 2 unspecified atom stereocenters. The van der Waals surface area contributed by atoms with Crippen LogP contribution in [-0.4, -0.2) is 101 Å². The number of methoxy groups -OCH3 is 1. The molecule has 152 valence electrons. The quantitative estimate of drug-likeness (QED) is 0.262. The minimum atomic E-state index is -0.630. The van der Waals surface area contributed by atoms with Crippen LogP contribution in [0.5, 0.6) is 0 Å². The molecule has 0 fully saturated rings. The van der Waals surface area contributed by atoms with Gasteiger partial charge < -0.3 is 34.3 Å². The summed E-state index contributed by atoms with van der Waals surface area (Å²) in [4.78, 5) is 33.1. The molecule has 2 heterocycles. The lowest BCUT2D eigenvalue weighted by molar-refractivity contribution is -0.151. The van der Waals surface area contributed by atoms with Crippen LogP contribution in [0.1, 0.15) is 0 Å². The average molecular weight is 387 g/mol. The number of ether oxygens (including phenoxy) is 5. The summed E-state index contributed by atoms with van der Waals surface area (Å²) in [7, 11) is 1.59. The fraction of sp³-hybridized carbons (Fsp3) is 0.733. The molecule has 12 heteroatoms. The summed E-state index contributed by atoms with van der Waals surface area (Å²) < 4.78 is 25.5. The highest BCUT2D eigenvalue weighted by Crippen LogP contribution is 2.17. The Bertz CT molecular complexity index is 557. The van der Waals surface area contributed by atoms with Crippen LogP contribution in [0.25, 0.3) is 0 Å². The lowest BCUT2D eigenvalue weighted by Gasteiger charge is -2.27. The summed E-state index contributed by atoms with van der Waals surface area (Å²) in [5.74, 6) is -0.737. The highest BCUT2D eigenvalue weighted by atomic mass is 16.6. The van der Waals surface area contributed by atoms with Crippen LogP contribution < -0.4 is 11.1 Å². The first-order valence-corrected chi connectivity index (χ1v) is 8.43. The number of nitrogens with zero attached hydrogens (tertiary/aromatic N) is 3. The second-order valence-corrected chi connectivity index (χ2v) is 5.56. The molecule has 0 saturated carbocycles. The molecule has 3 N–H and O–H groups in total. The van der Waals surface area contributed by atoms with Crippen molar-refractivity contribution in [3.8, 4) is 0 Å². The highest BCUT2D eigenvalue weighted by Gasteiger charge is 2.39. The van der Waals surface area contributed by atoms with Gasteiger partial charge in [0.25, 0.3) is 5.91 Å². The number of nitrogens with two attached hydrogens (primary N) is 1. The maximum Gasteiger partial charge on any atom is 0.332 e. The number of hydrogen-bond acceptors (Lipinski definition) is 11. The molecule has 0 aromatic rings. The number of hydrogen-bond donors (Lipinski definition) is 2. The fourth-order valence-electron chi connectivity index (χ4n) is 2.26. The van der Waals surface area contributed by atoms with Crippen LogP contribution in [0.3, 0.4) is 0 Å². The monoisotopic (exact) mass is 387 g/mol. The maximum absolute atomic E-state index is 11.7. The Kier molecular flexibility index (Phi) is 8.91. The molecule has 1 amide bonds. The average Bonchev–Trinajstić information content (AvgIpc) is 3.04. The van der Waals surface area contributed by atoms with Gasteiger partial charge in [-0.05, 0) is 0 Å². The summed E-state index contributed by atoms with van der Waals surface area (Å²) in [5, 5.41) is 2.42. The Labute approximate surface area is 156 Å². The van der Waals surface area contributed by atoms with Gasteiger partial charge in [-0.15, -0.1) is 0 Å². The summed E-state index contributed by atoms with van der Waals surface area (Å²) in [6.07, 6.45) is 0.978. The van der Waals surface area contributed by atoms with Crippen molar-refractivity contribution in [2.75, 3.05) is 60.1 Å². The fourth-order valence-corrected chi connectivity index (χ4v) is 2.26. The van der Waals surface area contributed by atoms with E-state index in [4.69, 9.17) is 29.4 Å². The van der Waals surface area contributed by atoms with Gasteiger partial charge in [-0.3, -0.25) is 15.1 Å². The molecule has 0 aliphatic carbocycles. The second-order valence-electron chi connectivity index (χ2n) is 5.56. The van der Waals surface area contributed by atoms with Gasteiger partial charge in [0.1, 0.15) is 19.9 Å². The van der Waals surface area contributed by atoms with Gasteiger partial charge in [0.15, 0.2) is 18.2 Å². The molecule has 27 heavy (non-hydrogen) atoms. The zero-order chi connectivity index (χ0) is 19.5. The van der Waals surface area contributed by atoms with Crippen molar-refractivity contribution in [2.24, 2.45) is 15.7 Å². The minimum Gasteiger partial charge on any atom is -0.462 e. The van der Waals surface area contributed by atoms with E-state index in [9.17, 15) is 9.59 Å². The number of carbonyl (C=O) groups excluding carboxylic acids is 2. The van der Waals surface area contributed by atoms with Gasteiger partial charge in [-0.25, -0.2) is 9.79 Å². The number of nitrogens with one attached hydrogen (secondary N) is 1. The van der Waals surface area contributed by atoms with Crippen LogP contribution in [0.15, 0.2) is 9.98 Å². The number of amides is 1. The number of aliphatic imine (C=N–C) groups is 2. The number of carbonyl (C=O) groups is 2. The predicted molar refractivity (Wildman–Crippen MR) is 93.0 cm³/mol. The molecule has 2 atom stereocenters. The Morgan fingerprint density at radius 1 is 1.19 bits per heavy atom. The Balaban J connectivity index is 1.49. The van der Waals surface area contributed by atoms with Crippen molar-refractivity contribution in [1.82, 2.24) is 10.2 Å². The second kappa shape index (κ2) is 11.4. The van der Waals surface area contributed by atoms with Gasteiger partial charge in [-0.1, -0.05) is 0 Å². The van der Waals surface area contributed by atoms with Crippen molar-refractivity contribution in [2.45, 2.75) is 12.2 Å². The van der Waals surface area contributed by atoms with E-state index in [1.807, 2.05) is 0 Å². The molecular weight excluding hydrogens is 362 g/mol. The summed E-state index contributed by atoms with van der Waals surface area (Å²) in [5.41, 5.74) is 5.55. The van der Waals surface area contributed by atoms with E-state index in [-0.39, 0.29) is 38.4 Å². The molecule has 2 aliphatic heterocycles. The van der Waals surface area contributed by atoms with E-state index in [0.29, 0.717) is 26.4 Å². The van der Waals surface area contributed by atoms with Crippen molar-refractivity contribution >= 4 is 24.2 Å². The zero-order valence-corrected chi connectivity index (χ0v) is 15.2. The normalized spacial score (nSPS) is 21.0. The summed E-state index contributed by atoms with van der Waals surface area (Å²) in [6.45, 7) is 1.91. The maximum atomic E-state index is 11.7. The lowest BCUT2D eigenvalue weighted by Crippen LogP contribution is -2.54. The third-order valence-corrected chi connectivity index (χ3v) is 3.54. The van der Waals surface area contributed by atoms with Crippen LogP contribution in [-0.2, 0) is 33.3 Å². The highest BCUT2D eigenvalue weighted by molar-refractivity contribution is 6.02. The number of guanidine groups is 1. The summed E-state index contributed by atoms with van der Waals surface area (Å²) >= 11 is 0. The smallest absolute Gasteiger partial charge is 0.332 e. The molecule has 0 saturated heterocycles. The standard InChI is InChI=1S/C15H25N5O7/c1-23-2-3-24-4-5-25-8-11(21)27-7-6-26-10-20-9-17-12-13(20)18-15(16)19-14(12)22/h9,12-13H,2-8,10H2,1H3,(H3,16,18,19,22). The molecule has 2 aliphatic rings. The van der Waals surface area contributed by atoms with Gasteiger partial charge in [0.2, 0.25) is 0 Å². The predicted octanol–water partition coefficient (Wildman–Crippen LogP) is -2.33. The SMILES string of the molecule is COCCOCCOCC(=O)OCCOCN1C=NC2C(=O)NC(N)=NC21. The Hall–Kier alpha value is -2.28. The summed E-state index contributed by atoms with van der Waals surface area (Å²) in [6, 6.07) is -0.630. The third-order valence-electron chi connectivity index (χ3n) is 3.54. The van der Waals surface area contributed by atoms with E-state index in [1.165, 1.54) is 6.34 Å². The first-order chi connectivity index (χ1) is 13.1. The molecule has 2 rings (SSSR count). The van der Waals surface area contributed by atoms with E-state index in [1.54, 1.807) is 12.0 Å². The van der Waals surface area contributed by atoms with Crippen molar-refractivity contribution in [3.63, 3.8) is 0 Å². The third kappa shape index (κ3) is 7.09. The molecular formula is C15H25N5O7. The molecule has 12 nitrogen and oxygen atoms in total. The van der Waals surface area contributed by atoms with Crippen molar-refractivity contribution < 1.29 is 33.3 Å². The van der Waals surface area contributed by atoms with Gasteiger partial charge in [-0.2, -0.15) is 0 Å². The molecule has 0 bridgehead atoms. The van der Waals surface area contributed by atoms with Crippen LogP contribution in [0.4, 0.5) is 0 Å². The van der Waals surface area contributed by atoms with Gasteiger partial charge in [0.05, 0.1) is 39.4 Å². The van der Waals surface area contributed by atoms with Crippen molar-refractivity contribution in [1.29, 1.82) is 0 Å². The van der Waals surface area contributed by atoms with E-state index in [0.717, 1.165) is 0 Å². The lowest BCUT2D eigenvalue weighted by atomic mass is 10.2. The van der Waals surface area contributed by atoms with E-state index < -0.39 is 18.2 Å². The zero-order valence-electron chi connectivity index (χ0n) is 15.2. The molecule has 0 aromatic carbocycles. The molecule has 0 aromatic heterocycles. The van der Waals surface area contributed by atoms with Crippen molar-refractivity contribution in [3.05, 3.63) is 0 Å². The topological polar surface area (TPSA) is 146 Å². The largest absolute Gasteiger partial charge is 0.462 e. The number of rotatable bonds is 13. The van der Waals surface area contributed by atoms with Gasteiger partial charge in [0, 0.05) is 7.11 Å². The number of esters is 1. The molecule has 0 spiro atoms. The van der Waals surface area contributed by atoms with Gasteiger partial charge >= 0.3 is 5.97 Å². The molecule has 0 radical (unpaired) electrons. The van der Waals surface area contributed by atoms with E-state index in [2.05, 4.69) is 15.3 Å². The number of fused-ring (bicyclic) bond motifs is 1. The Morgan fingerprint density at radius 3 is 2.74 bits per heavy atom. The first kappa shape index (κ1) is 21.0.